The van der Waals surface area contributed by atoms with Gasteiger partial charge in [0.2, 0.25) is 0 Å². The number of imidazole rings is 1. The number of aromatic hydroxyl groups is 1. The van der Waals surface area contributed by atoms with Crippen molar-refractivity contribution in [3.05, 3.63) is 162 Å². The van der Waals surface area contributed by atoms with E-state index in [-0.39, 0.29) is 48.5 Å². The number of hydrogen-bond donors (Lipinski definition) is 1. The third-order valence-corrected chi connectivity index (χ3v) is 12.4. The fraction of sp³-hybridized carbons (Fsp3) is 0.276. The molecule has 338 valence electrons. The van der Waals surface area contributed by atoms with E-state index in [1.807, 2.05) is 36.4 Å². The first kappa shape index (κ1) is 46.4. The van der Waals surface area contributed by atoms with E-state index in [1.54, 1.807) is 4.80 Å². The maximum atomic E-state index is 12.3. The van der Waals surface area contributed by atoms with Gasteiger partial charge in [-0.2, -0.15) is 15.0 Å². The number of nitrogens with zero attached hydrogens (tertiary/aromatic N) is 6. The van der Waals surface area contributed by atoms with Crippen molar-refractivity contribution in [2.24, 2.45) is 0 Å². The van der Waals surface area contributed by atoms with Gasteiger partial charge in [0.05, 0.1) is 33.7 Å². The van der Waals surface area contributed by atoms with E-state index in [2.05, 4.69) is 191 Å². The molecule has 3 aromatic heterocycles. The summed E-state index contributed by atoms with van der Waals surface area (Å²) in [6.45, 7) is 26.5. The number of hydrogen-bond acceptors (Lipinski definition) is 5. The molecular weight excluding hydrogens is 992 g/mol. The molecule has 0 aliphatic carbocycles. The Balaban J connectivity index is 0.00000592. The van der Waals surface area contributed by atoms with Gasteiger partial charge in [0.15, 0.2) is 0 Å². The third kappa shape index (κ3) is 8.78. The van der Waals surface area contributed by atoms with Crippen LogP contribution in [0.5, 0.6) is 5.75 Å². The molecule has 9 rings (SSSR count). The normalized spacial score (nSPS) is 12.5. The molecular formula is C58H59N6OPt-. The van der Waals surface area contributed by atoms with Crippen molar-refractivity contribution in [2.75, 3.05) is 0 Å². The molecule has 0 saturated heterocycles. The number of fused-ring (bicyclic) bond motifs is 2. The predicted octanol–water partition coefficient (Wildman–Crippen LogP) is 14.5. The molecule has 6 aromatic carbocycles. The number of rotatable bonds is 6. The first-order chi connectivity index (χ1) is 30.6. The summed E-state index contributed by atoms with van der Waals surface area (Å²) in [6, 6.07) is 49.6. The van der Waals surface area contributed by atoms with Gasteiger partial charge in [-0.25, -0.2) is 4.98 Å². The third-order valence-electron chi connectivity index (χ3n) is 12.4. The van der Waals surface area contributed by atoms with Crippen LogP contribution in [0.1, 0.15) is 105 Å². The van der Waals surface area contributed by atoms with Gasteiger partial charge in [0.1, 0.15) is 11.6 Å². The minimum atomic E-state index is -0.324. The van der Waals surface area contributed by atoms with E-state index in [1.165, 1.54) is 11.1 Å². The van der Waals surface area contributed by atoms with E-state index in [0.29, 0.717) is 11.4 Å². The summed E-state index contributed by atoms with van der Waals surface area (Å²) < 4.78 is 2.21. The van der Waals surface area contributed by atoms with E-state index < -0.39 is 0 Å². The van der Waals surface area contributed by atoms with Crippen LogP contribution in [-0.2, 0) is 42.7 Å². The molecule has 66 heavy (non-hydrogen) atoms. The van der Waals surface area contributed by atoms with Gasteiger partial charge in [0, 0.05) is 48.8 Å². The van der Waals surface area contributed by atoms with Crippen LogP contribution in [0, 0.1) is 6.07 Å². The molecule has 0 saturated carbocycles. The monoisotopic (exact) mass is 1050 g/mol. The van der Waals surface area contributed by atoms with Crippen molar-refractivity contribution >= 4 is 22.1 Å². The smallest absolute Gasteiger partial charge is 0.149 e. The average Bonchev–Trinajstić information content (AvgIpc) is 3.87. The number of phenolic OH excluding ortho intramolecular Hbond substituents is 1. The molecule has 0 unspecified atom stereocenters. The average molecular weight is 1050 g/mol. The fourth-order valence-electron chi connectivity index (χ4n) is 8.52. The Kier molecular flexibility index (Phi) is 11.9. The van der Waals surface area contributed by atoms with Crippen molar-refractivity contribution in [3.63, 3.8) is 0 Å². The predicted molar refractivity (Wildman–Crippen MR) is 268 cm³/mol. The summed E-state index contributed by atoms with van der Waals surface area (Å²) in [5, 5.41) is 22.3. The van der Waals surface area contributed by atoms with Crippen LogP contribution in [0.15, 0.2) is 133 Å². The Bertz CT molecular complexity index is 3230. The number of benzene rings is 6. The molecule has 0 fully saturated rings. The minimum Gasteiger partial charge on any atom is -0.507 e. The summed E-state index contributed by atoms with van der Waals surface area (Å²) >= 11 is 0. The second-order valence-electron chi connectivity index (χ2n) is 21.5. The molecule has 8 heteroatoms. The van der Waals surface area contributed by atoms with E-state index in [9.17, 15) is 5.11 Å². The van der Waals surface area contributed by atoms with Gasteiger partial charge in [-0.15, -0.1) is 23.8 Å². The molecule has 0 spiro atoms. The Morgan fingerprint density at radius 1 is 0.515 bits per heavy atom. The number of para-hydroxylation sites is 2. The molecule has 7 nitrogen and oxygen atoms in total. The van der Waals surface area contributed by atoms with Gasteiger partial charge in [-0.05, 0) is 86.0 Å². The zero-order valence-corrected chi connectivity index (χ0v) is 42.4. The van der Waals surface area contributed by atoms with Crippen LogP contribution in [-0.4, -0.2) is 34.6 Å². The number of phenols is 1. The summed E-state index contributed by atoms with van der Waals surface area (Å²) in [6.07, 6.45) is 0. The second kappa shape index (κ2) is 16.9. The zero-order valence-electron chi connectivity index (χ0n) is 40.1. The van der Waals surface area contributed by atoms with E-state index in [4.69, 9.17) is 20.2 Å². The van der Waals surface area contributed by atoms with Crippen LogP contribution in [0.25, 0.3) is 78.5 Å². The van der Waals surface area contributed by atoms with Gasteiger partial charge in [-0.1, -0.05) is 168 Å². The first-order valence-electron chi connectivity index (χ1n) is 22.6. The topological polar surface area (TPSA) is 81.6 Å². The van der Waals surface area contributed by atoms with Crippen molar-refractivity contribution < 1.29 is 26.2 Å². The van der Waals surface area contributed by atoms with Crippen molar-refractivity contribution in [3.8, 4) is 62.2 Å². The van der Waals surface area contributed by atoms with Crippen LogP contribution in [0.4, 0.5) is 0 Å². The molecule has 0 aliphatic heterocycles. The Labute approximate surface area is 404 Å². The van der Waals surface area contributed by atoms with Crippen molar-refractivity contribution in [1.29, 1.82) is 0 Å². The SMILES string of the molecule is CC(C)(C)c1cc(-n2nc3c[c-]c(-c4cccc(-c5cccc6c5nc(-c5cc(C(C)(C)C)cc(C(C)(C)C)c5O)n6-c5ccccc5-c5ccccc5)n4)cc3n2)cc(C(C)(C)C)c1.[Pt]. The summed E-state index contributed by atoms with van der Waals surface area (Å²) in [4.78, 5) is 12.6. The Morgan fingerprint density at radius 3 is 1.77 bits per heavy atom. The summed E-state index contributed by atoms with van der Waals surface area (Å²) in [5.41, 5.74) is 15.1. The van der Waals surface area contributed by atoms with Gasteiger partial charge >= 0.3 is 0 Å². The van der Waals surface area contributed by atoms with Crippen LogP contribution in [0.2, 0.25) is 0 Å². The number of aromatic nitrogens is 6. The Hall–Kier alpha value is -6.17. The van der Waals surface area contributed by atoms with Crippen LogP contribution in [0.3, 0.4) is 0 Å². The van der Waals surface area contributed by atoms with Crippen LogP contribution >= 0.6 is 0 Å². The van der Waals surface area contributed by atoms with Crippen molar-refractivity contribution in [1.82, 2.24) is 29.5 Å². The number of pyridine rings is 1. The molecule has 0 bridgehead atoms. The Morgan fingerprint density at radius 2 is 1.11 bits per heavy atom. The zero-order chi connectivity index (χ0) is 46.2. The van der Waals surface area contributed by atoms with Crippen molar-refractivity contribution in [2.45, 2.75) is 105 Å². The van der Waals surface area contributed by atoms with Crippen LogP contribution < -0.4 is 0 Å². The molecule has 0 amide bonds. The largest absolute Gasteiger partial charge is 0.507 e. The summed E-state index contributed by atoms with van der Waals surface area (Å²) in [5.74, 6) is 0.894. The van der Waals surface area contributed by atoms with E-state index in [0.717, 1.165) is 78.2 Å². The van der Waals surface area contributed by atoms with E-state index >= 15 is 0 Å². The maximum absolute atomic E-state index is 12.3. The van der Waals surface area contributed by atoms with Gasteiger partial charge < -0.3 is 5.11 Å². The minimum absolute atomic E-state index is 0. The molecule has 0 radical (unpaired) electrons. The van der Waals surface area contributed by atoms with Gasteiger partial charge in [0.25, 0.3) is 0 Å². The fourth-order valence-corrected chi connectivity index (χ4v) is 8.52. The molecule has 0 atom stereocenters. The van der Waals surface area contributed by atoms with Gasteiger partial charge in [-0.3, -0.25) is 9.55 Å². The quantitative estimate of drug-likeness (QED) is 0.168. The second-order valence-corrected chi connectivity index (χ2v) is 21.5. The summed E-state index contributed by atoms with van der Waals surface area (Å²) in [7, 11) is 0. The molecule has 1 N–H and O–H groups in total. The maximum Gasteiger partial charge on any atom is 0.149 e. The molecule has 3 heterocycles. The molecule has 0 aliphatic rings. The molecule has 9 aromatic rings. The standard InChI is InChI=1S/C58H59N6O.Pt/c1-55(2,3)38-31-39(56(4,5)6)33-41(32-38)64-61-48-29-28-37(30-49(48)62-64)46-24-19-25-47(59-46)43-23-18-27-51-52(43)60-54(44-34-40(57(7,8)9)35-45(53(44)65)58(10,11)12)63(51)50-26-17-16-22-42(50)36-20-14-13-15-21-36;/h13-27,29-35,65H,1-12H3;/q-1;. The first-order valence-corrected chi connectivity index (χ1v) is 22.6.